The molecule has 0 aliphatic rings. The predicted octanol–water partition coefficient (Wildman–Crippen LogP) is 14.9. The average molecular weight is 844 g/mol. The second-order valence-electron chi connectivity index (χ2n) is 18.3. The van der Waals surface area contributed by atoms with E-state index in [-0.39, 0.29) is 0 Å². The number of unbranched alkanes of at least 4 members (excludes halogenated alkanes) is 39. The Morgan fingerprint density at radius 3 is 0.862 bits per heavy atom. The summed E-state index contributed by atoms with van der Waals surface area (Å²) in [6.07, 6.45) is 51.3. The van der Waals surface area contributed by atoms with Crippen LogP contribution in [-0.2, 0) is 14.9 Å². The molecule has 7 nitrogen and oxygen atoms in total. The first-order chi connectivity index (χ1) is 28.2. The summed E-state index contributed by atoms with van der Waals surface area (Å²) in [5.74, 6) is -1.44. The number of carbonyl (C=O) groups excluding carboxylic acids is 1. The zero-order valence-corrected chi connectivity index (χ0v) is 39.6. The van der Waals surface area contributed by atoms with Gasteiger partial charge in [0.05, 0.1) is 17.9 Å². The third kappa shape index (κ3) is 43.4. The second-order valence-corrected chi connectivity index (χ2v) is 19.8. The van der Waals surface area contributed by atoms with Gasteiger partial charge >= 0.3 is 0 Å². The summed E-state index contributed by atoms with van der Waals surface area (Å²) in [6.45, 7) is 4.55. The minimum Gasteiger partial charge on any atom is -0.391 e. The van der Waals surface area contributed by atoms with Crippen LogP contribution in [0.3, 0.4) is 0 Å². The van der Waals surface area contributed by atoms with E-state index in [0.717, 1.165) is 44.9 Å². The highest BCUT2D eigenvalue weighted by Crippen LogP contribution is 2.18. The van der Waals surface area contributed by atoms with Crippen LogP contribution in [-0.4, -0.2) is 53.1 Å². The maximum Gasteiger partial charge on any atom is 0.266 e. The van der Waals surface area contributed by atoms with Crippen molar-refractivity contribution in [2.24, 2.45) is 0 Å². The van der Waals surface area contributed by atoms with E-state index in [1.165, 1.54) is 218 Å². The first-order valence-corrected chi connectivity index (χ1v) is 27.4. The van der Waals surface area contributed by atoms with Crippen molar-refractivity contribution < 1.29 is 28.0 Å². The smallest absolute Gasteiger partial charge is 0.266 e. The van der Waals surface area contributed by atoms with Crippen LogP contribution < -0.4 is 5.32 Å². The van der Waals surface area contributed by atoms with Gasteiger partial charge in [-0.25, -0.2) is 0 Å². The minimum atomic E-state index is -4.41. The summed E-state index contributed by atoms with van der Waals surface area (Å²) < 4.78 is 32.8. The Kier molecular flexibility index (Phi) is 43.8. The summed E-state index contributed by atoms with van der Waals surface area (Å²) in [7, 11) is -4.41. The molecule has 0 fully saturated rings. The SMILES string of the molecule is CCCCCCCCCCCCCCCCCCCCCCCC(O)C(=O)NC(CS(=O)(=O)O)C(O)CCCCCCCCCCCCCCCCCCCCCC. The van der Waals surface area contributed by atoms with Gasteiger partial charge in [0.25, 0.3) is 10.1 Å². The van der Waals surface area contributed by atoms with Gasteiger partial charge in [-0.1, -0.05) is 277 Å². The lowest BCUT2D eigenvalue weighted by atomic mass is 10.0. The van der Waals surface area contributed by atoms with Gasteiger partial charge in [-0.3, -0.25) is 9.35 Å². The number of amides is 1. The summed E-state index contributed by atoms with van der Waals surface area (Å²) in [5, 5.41) is 23.7. The quantitative estimate of drug-likeness (QED) is 0.0357. The lowest BCUT2D eigenvalue weighted by Crippen LogP contribution is -2.50. The molecule has 1 amide bonds. The monoisotopic (exact) mass is 844 g/mol. The number of rotatable bonds is 48. The Hall–Kier alpha value is -0.700. The van der Waals surface area contributed by atoms with Gasteiger partial charge in [-0.15, -0.1) is 0 Å². The number of aliphatic hydroxyl groups is 2. The van der Waals surface area contributed by atoms with E-state index in [1.54, 1.807) is 0 Å². The number of carbonyl (C=O) groups is 1. The molecular weight excluding hydrogens is 743 g/mol. The molecule has 8 heteroatoms. The Bertz CT molecular complexity index is 946. The molecule has 0 saturated heterocycles. The van der Waals surface area contributed by atoms with Crippen LogP contribution in [0.5, 0.6) is 0 Å². The predicted molar refractivity (Wildman–Crippen MR) is 250 cm³/mol. The molecule has 0 aromatic rings. The fourth-order valence-electron chi connectivity index (χ4n) is 8.47. The average Bonchev–Trinajstić information content (AvgIpc) is 3.19. The Morgan fingerprint density at radius 2 is 0.621 bits per heavy atom. The lowest BCUT2D eigenvalue weighted by Gasteiger charge is -2.24. The molecule has 3 atom stereocenters. The van der Waals surface area contributed by atoms with Crippen LogP contribution in [0.4, 0.5) is 0 Å². The summed E-state index contributed by atoms with van der Waals surface area (Å²) >= 11 is 0. The van der Waals surface area contributed by atoms with Crippen LogP contribution >= 0.6 is 0 Å². The maximum atomic E-state index is 12.7. The van der Waals surface area contributed by atoms with Crippen LogP contribution in [0.25, 0.3) is 0 Å². The number of aliphatic hydroxyl groups excluding tert-OH is 2. The standard InChI is InChI=1S/C50H101NO6S/c1-3-5-7-9-11-13-15-17-19-21-23-25-27-29-31-33-35-37-39-41-43-45-49(53)50(54)51-47(46-58(55,56)57)48(52)44-42-40-38-36-34-32-30-28-26-24-22-20-18-16-14-12-10-8-6-4-2/h47-49,52-53H,3-46H2,1-2H3,(H,51,54)(H,55,56,57). The van der Waals surface area contributed by atoms with E-state index < -0.39 is 40.0 Å². The topological polar surface area (TPSA) is 124 Å². The summed E-state index contributed by atoms with van der Waals surface area (Å²) in [5.41, 5.74) is 0. The molecule has 0 heterocycles. The highest BCUT2D eigenvalue weighted by Gasteiger charge is 2.28. The first-order valence-electron chi connectivity index (χ1n) is 25.8. The van der Waals surface area contributed by atoms with Crippen molar-refractivity contribution in [2.45, 2.75) is 308 Å². The van der Waals surface area contributed by atoms with E-state index >= 15 is 0 Å². The first kappa shape index (κ1) is 57.3. The van der Waals surface area contributed by atoms with E-state index in [2.05, 4.69) is 19.2 Å². The number of nitrogens with one attached hydrogen (secondary N) is 1. The largest absolute Gasteiger partial charge is 0.391 e. The minimum absolute atomic E-state index is 0.304. The van der Waals surface area contributed by atoms with Crippen LogP contribution in [0.1, 0.15) is 290 Å². The van der Waals surface area contributed by atoms with Gasteiger partial charge in [0, 0.05) is 0 Å². The Morgan fingerprint density at radius 1 is 0.397 bits per heavy atom. The fourth-order valence-corrected chi connectivity index (χ4v) is 9.22. The fraction of sp³-hybridized carbons (Fsp3) is 0.980. The zero-order chi connectivity index (χ0) is 42.6. The highest BCUT2D eigenvalue weighted by atomic mass is 32.2. The second kappa shape index (κ2) is 44.4. The van der Waals surface area contributed by atoms with Gasteiger partial charge in [0.15, 0.2) is 0 Å². The molecule has 4 N–H and O–H groups in total. The third-order valence-corrected chi connectivity index (χ3v) is 13.2. The molecule has 0 radical (unpaired) electrons. The molecule has 0 aromatic heterocycles. The van der Waals surface area contributed by atoms with Crippen molar-refractivity contribution in [3.05, 3.63) is 0 Å². The van der Waals surface area contributed by atoms with Gasteiger partial charge in [-0.05, 0) is 12.8 Å². The van der Waals surface area contributed by atoms with E-state index in [9.17, 15) is 28.0 Å². The Labute approximate surface area is 362 Å². The maximum absolute atomic E-state index is 12.7. The number of hydrogen-bond donors (Lipinski definition) is 4. The van der Waals surface area contributed by atoms with Gasteiger partial charge < -0.3 is 15.5 Å². The Balaban J connectivity index is 3.80. The molecule has 0 saturated carbocycles. The van der Waals surface area contributed by atoms with Crippen molar-refractivity contribution >= 4 is 16.0 Å². The lowest BCUT2D eigenvalue weighted by molar-refractivity contribution is -0.131. The van der Waals surface area contributed by atoms with Gasteiger partial charge in [-0.2, -0.15) is 8.42 Å². The molecule has 3 unspecified atom stereocenters. The zero-order valence-electron chi connectivity index (χ0n) is 38.8. The summed E-state index contributed by atoms with van der Waals surface area (Å²) in [4.78, 5) is 12.7. The van der Waals surface area contributed by atoms with E-state index in [1.807, 2.05) is 0 Å². The highest BCUT2D eigenvalue weighted by molar-refractivity contribution is 7.85. The van der Waals surface area contributed by atoms with Crippen LogP contribution in [0.15, 0.2) is 0 Å². The van der Waals surface area contributed by atoms with Crippen molar-refractivity contribution in [2.75, 3.05) is 5.75 Å². The van der Waals surface area contributed by atoms with Crippen LogP contribution in [0, 0.1) is 0 Å². The van der Waals surface area contributed by atoms with Crippen molar-refractivity contribution in [3.63, 3.8) is 0 Å². The molecule has 0 spiro atoms. The number of hydrogen-bond acceptors (Lipinski definition) is 5. The molecule has 0 bridgehead atoms. The van der Waals surface area contributed by atoms with Crippen molar-refractivity contribution in [1.82, 2.24) is 5.32 Å². The molecule has 0 aromatic carbocycles. The molecule has 0 aliphatic heterocycles. The van der Waals surface area contributed by atoms with Gasteiger partial charge in [0.2, 0.25) is 5.91 Å². The molecular formula is C50H101NO6S. The van der Waals surface area contributed by atoms with E-state index in [0.29, 0.717) is 12.8 Å². The molecule has 0 aliphatic carbocycles. The normalized spacial score (nSPS) is 13.5. The summed E-state index contributed by atoms with van der Waals surface area (Å²) in [6, 6.07) is -1.14. The molecule has 348 valence electrons. The molecule has 0 rings (SSSR count). The van der Waals surface area contributed by atoms with Crippen LogP contribution in [0.2, 0.25) is 0 Å². The molecule has 58 heavy (non-hydrogen) atoms. The van der Waals surface area contributed by atoms with Gasteiger partial charge in [0.1, 0.15) is 6.10 Å². The van der Waals surface area contributed by atoms with Crippen molar-refractivity contribution in [3.8, 4) is 0 Å². The van der Waals surface area contributed by atoms with E-state index in [4.69, 9.17) is 0 Å². The third-order valence-electron chi connectivity index (χ3n) is 12.4. The van der Waals surface area contributed by atoms with Crippen molar-refractivity contribution in [1.29, 1.82) is 0 Å².